The summed E-state index contributed by atoms with van der Waals surface area (Å²) in [6.07, 6.45) is 2.07. The minimum atomic E-state index is 0.0714. The topological polar surface area (TPSA) is 21.3 Å². The van der Waals surface area contributed by atoms with Crippen LogP contribution < -0.4 is 10.1 Å². The third kappa shape index (κ3) is 5.78. The highest BCUT2D eigenvalue weighted by Crippen LogP contribution is 2.34. The second kappa shape index (κ2) is 8.21. The van der Waals surface area contributed by atoms with Crippen LogP contribution in [0.3, 0.4) is 0 Å². The third-order valence-electron chi connectivity index (χ3n) is 2.63. The average molecular weight is 325 g/mol. The zero-order chi connectivity index (χ0) is 14.4. The van der Waals surface area contributed by atoms with Gasteiger partial charge in [0.15, 0.2) is 0 Å². The summed E-state index contributed by atoms with van der Waals surface area (Å²) in [5, 5.41) is 4.74. The summed E-state index contributed by atoms with van der Waals surface area (Å²) in [6.45, 7) is 7.12. The van der Waals surface area contributed by atoms with Gasteiger partial charge in [0, 0.05) is 18.7 Å². The first-order chi connectivity index (χ1) is 8.93. The molecule has 5 heteroatoms. The van der Waals surface area contributed by atoms with Gasteiger partial charge in [-0.1, -0.05) is 62.0 Å². The number of hydrogen-bond donors (Lipinski definition) is 1. The molecule has 0 amide bonds. The Morgan fingerprint density at radius 1 is 1.11 bits per heavy atom. The molecule has 0 heterocycles. The van der Waals surface area contributed by atoms with Crippen LogP contribution in [-0.4, -0.2) is 18.7 Å². The molecule has 0 aliphatic carbocycles. The molecule has 0 radical (unpaired) electrons. The van der Waals surface area contributed by atoms with Crippen molar-refractivity contribution >= 4 is 34.8 Å². The largest absolute Gasteiger partial charge is 0.487 e. The van der Waals surface area contributed by atoms with Crippen molar-refractivity contribution in [3.63, 3.8) is 0 Å². The van der Waals surface area contributed by atoms with Crippen molar-refractivity contribution in [2.75, 3.05) is 6.54 Å². The molecule has 1 aromatic carbocycles. The predicted molar refractivity (Wildman–Crippen MR) is 83.9 cm³/mol. The molecule has 0 aliphatic rings. The van der Waals surface area contributed by atoms with Crippen molar-refractivity contribution in [1.82, 2.24) is 5.32 Å². The van der Waals surface area contributed by atoms with E-state index in [-0.39, 0.29) is 6.10 Å². The molecule has 0 aromatic heterocycles. The van der Waals surface area contributed by atoms with Crippen LogP contribution in [0.15, 0.2) is 12.1 Å². The van der Waals surface area contributed by atoms with Crippen LogP contribution in [0.2, 0.25) is 15.1 Å². The van der Waals surface area contributed by atoms with Crippen LogP contribution in [0, 0.1) is 0 Å². The number of rotatable bonds is 7. The van der Waals surface area contributed by atoms with Crippen LogP contribution >= 0.6 is 34.8 Å². The van der Waals surface area contributed by atoms with E-state index < -0.39 is 0 Å². The van der Waals surface area contributed by atoms with Crippen molar-refractivity contribution in [2.45, 2.75) is 45.8 Å². The van der Waals surface area contributed by atoms with Crippen LogP contribution in [0.25, 0.3) is 0 Å². The summed E-state index contributed by atoms with van der Waals surface area (Å²) >= 11 is 18.0. The molecule has 1 atom stereocenters. The van der Waals surface area contributed by atoms with Crippen molar-refractivity contribution in [3.05, 3.63) is 27.2 Å². The van der Waals surface area contributed by atoms with E-state index in [0.29, 0.717) is 26.9 Å². The number of ether oxygens (including phenoxy) is 1. The zero-order valence-electron chi connectivity index (χ0n) is 11.5. The Labute approximate surface area is 130 Å². The maximum Gasteiger partial charge on any atom is 0.139 e. The van der Waals surface area contributed by atoms with Crippen molar-refractivity contribution in [2.24, 2.45) is 0 Å². The molecule has 19 heavy (non-hydrogen) atoms. The Hall–Kier alpha value is -0.150. The van der Waals surface area contributed by atoms with Crippen LogP contribution in [0.1, 0.15) is 33.6 Å². The molecule has 1 rings (SSSR count). The van der Waals surface area contributed by atoms with Gasteiger partial charge in [-0.15, -0.1) is 0 Å². The van der Waals surface area contributed by atoms with Gasteiger partial charge in [-0.25, -0.2) is 0 Å². The third-order valence-corrected chi connectivity index (χ3v) is 3.65. The van der Waals surface area contributed by atoms with E-state index in [1.54, 1.807) is 12.1 Å². The minimum Gasteiger partial charge on any atom is -0.487 e. The van der Waals surface area contributed by atoms with Gasteiger partial charge in [0.2, 0.25) is 0 Å². The van der Waals surface area contributed by atoms with Crippen LogP contribution in [0.5, 0.6) is 5.75 Å². The second-order valence-corrected chi connectivity index (χ2v) is 6.01. The Morgan fingerprint density at radius 2 is 1.74 bits per heavy atom. The molecule has 0 bridgehead atoms. The number of halogens is 3. The fraction of sp³-hybridized carbons (Fsp3) is 0.571. The maximum atomic E-state index is 6.12. The molecule has 0 saturated heterocycles. The maximum absolute atomic E-state index is 6.12. The lowest BCUT2D eigenvalue weighted by Gasteiger charge is -2.21. The summed E-state index contributed by atoms with van der Waals surface area (Å²) in [4.78, 5) is 0. The highest BCUT2D eigenvalue weighted by molar-refractivity contribution is 6.43. The number of hydrogen-bond acceptors (Lipinski definition) is 2. The van der Waals surface area contributed by atoms with Gasteiger partial charge in [-0.3, -0.25) is 0 Å². The summed E-state index contributed by atoms with van der Waals surface area (Å²) in [7, 11) is 0. The molecule has 108 valence electrons. The van der Waals surface area contributed by atoms with E-state index in [1.165, 1.54) is 0 Å². The smallest absolute Gasteiger partial charge is 0.139 e. The van der Waals surface area contributed by atoms with Gasteiger partial charge in [0.25, 0.3) is 0 Å². The van der Waals surface area contributed by atoms with Crippen LogP contribution in [-0.2, 0) is 0 Å². The number of nitrogens with one attached hydrogen (secondary N) is 1. The van der Waals surface area contributed by atoms with E-state index in [1.807, 2.05) is 0 Å². The lowest BCUT2D eigenvalue weighted by molar-refractivity contribution is 0.183. The zero-order valence-corrected chi connectivity index (χ0v) is 13.7. The summed E-state index contributed by atoms with van der Waals surface area (Å²) in [5.41, 5.74) is 0. The Kier molecular flexibility index (Phi) is 7.30. The fourth-order valence-corrected chi connectivity index (χ4v) is 2.25. The molecular weight excluding hydrogens is 305 g/mol. The predicted octanol–water partition coefficient (Wildman–Crippen LogP) is 5.19. The van der Waals surface area contributed by atoms with Gasteiger partial charge < -0.3 is 10.1 Å². The second-order valence-electron chi connectivity index (χ2n) is 4.79. The Balaban J connectivity index is 2.75. The van der Waals surface area contributed by atoms with Gasteiger partial charge in [-0.2, -0.15) is 0 Å². The lowest BCUT2D eigenvalue weighted by atomic mass is 10.2. The molecule has 1 N–H and O–H groups in total. The quantitative estimate of drug-likeness (QED) is 0.697. The first kappa shape index (κ1) is 16.9. The molecule has 1 aromatic rings. The van der Waals surface area contributed by atoms with Gasteiger partial charge in [0.1, 0.15) is 11.9 Å². The normalized spacial score (nSPS) is 12.8. The Bertz CT molecular complexity index is 410. The molecule has 2 nitrogen and oxygen atoms in total. The van der Waals surface area contributed by atoms with Crippen LogP contribution in [0.4, 0.5) is 0 Å². The molecule has 0 fully saturated rings. The molecule has 0 aliphatic heterocycles. The fourth-order valence-electron chi connectivity index (χ4n) is 1.67. The van der Waals surface area contributed by atoms with E-state index in [9.17, 15) is 0 Å². The molecule has 0 spiro atoms. The van der Waals surface area contributed by atoms with Crippen molar-refractivity contribution in [1.29, 1.82) is 0 Å². The molecule has 1 unspecified atom stereocenters. The minimum absolute atomic E-state index is 0.0714. The standard InChI is InChI=1S/C14H20Cl3NO/c1-4-5-10(8-18-9(2)3)19-14-7-12(16)11(15)6-13(14)17/h6-7,9-10,18H,4-5,8H2,1-3H3. The summed E-state index contributed by atoms with van der Waals surface area (Å²) < 4.78 is 5.93. The summed E-state index contributed by atoms with van der Waals surface area (Å²) in [5.74, 6) is 0.583. The van der Waals surface area contributed by atoms with E-state index in [0.717, 1.165) is 19.4 Å². The van der Waals surface area contributed by atoms with Gasteiger partial charge in [0.05, 0.1) is 15.1 Å². The van der Waals surface area contributed by atoms with E-state index in [4.69, 9.17) is 39.5 Å². The SMILES string of the molecule is CCCC(CNC(C)C)Oc1cc(Cl)c(Cl)cc1Cl. The first-order valence-corrected chi connectivity index (χ1v) is 7.62. The highest BCUT2D eigenvalue weighted by Gasteiger charge is 2.14. The molecule has 0 saturated carbocycles. The Morgan fingerprint density at radius 3 is 2.32 bits per heavy atom. The molecular formula is C14H20Cl3NO. The lowest BCUT2D eigenvalue weighted by Crippen LogP contribution is -2.35. The van der Waals surface area contributed by atoms with E-state index in [2.05, 4.69) is 26.1 Å². The monoisotopic (exact) mass is 323 g/mol. The van der Waals surface area contributed by atoms with Crippen molar-refractivity contribution in [3.8, 4) is 5.75 Å². The average Bonchev–Trinajstić information content (AvgIpc) is 2.33. The summed E-state index contributed by atoms with van der Waals surface area (Å²) in [6, 6.07) is 3.71. The van der Waals surface area contributed by atoms with Gasteiger partial charge in [-0.05, 0) is 12.5 Å². The number of benzene rings is 1. The van der Waals surface area contributed by atoms with E-state index >= 15 is 0 Å². The van der Waals surface area contributed by atoms with Gasteiger partial charge >= 0.3 is 0 Å². The highest BCUT2D eigenvalue weighted by atomic mass is 35.5. The first-order valence-electron chi connectivity index (χ1n) is 6.48. The van der Waals surface area contributed by atoms with Crippen molar-refractivity contribution < 1.29 is 4.74 Å².